The van der Waals surface area contributed by atoms with Crippen molar-refractivity contribution in [3.05, 3.63) is 41.7 Å². The fourth-order valence-corrected chi connectivity index (χ4v) is 4.38. The number of rotatable bonds is 4. The molecule has 1 saturated heterocycles. The van der Waals surface area contributed by atoms with E-state index in [1.165, 1.54) is 6.07 Å². The van der Waals surface area contributed by atoms with E-state index in [1.807, 2.05) is 0 Å². The Morgan fingerprint density at radius 3 is 2.74 bits per heavy atom. The molecule has 2 aromatic heterocycles. The van der Waals surface area contributed by atoms with Crippen LogP contribution in [0.15, 0.2) is 24.4 Å². The van der Waals surface area contributed by atoms with Gasteiger partial charge in [0.05, 0.1) is 11.8 Å². The molecule has 166 valence electrons. The van der Waals surface area contributed by atoms with Gasteiger partial charge in [-0.25, -0.2) is 13.8 Å². The van der Waals surface area contributed by atoms with Crippen LogP contribution in [-0.4, -0.2) is 46.3 Å². The predicted octanol–water partition coefficient (Wildman–Crippen LogP) is 3.09. The van der Waals surface area contributed by atoms with Crippen molar-refractivity contribution in [2.45, 2.75) is 20.4 Å². The first kappa shape index (κ1) is 22.6. The molecule has 11 heteroatoms. The number of benzene rings is 1. The number of nitrogens with zero attached hydrogens (tertiary/aromatic N) is 4. The van der Waals surface area contributed by atoms with Crippen LogP contribution in [0.25, 0.3) is 10.6 Å². The van der Waals surface area contributed by atoms with E-state index in [1.54, 1.807) is 17.9 Å². The molecular weight excluding hydrogens is 424 g/mol. The van der Waals surface area contributed by atoms with Gasteiger partial charge >= 0.3 is 0 Å². The Hall–Kier alpha value is -3.05. The van der Waals surface area contributed by atoms with Crippen LogP contribution in [0.1, 0.15) is 24.8 Å². The molecule has 0 bridgehead atoms. The highest BCUT2D eigenvalue weighted by Crippen LogP contribution is 2.34. The maximum Gasteiger partial charge on any atom is 0.277 e. The number of nitrogens with two attached hydrogens (primary N) is 1. The van der Waals surface area contributed by atoms with Crippen molar-refractivity contribution in [1.82, 2.24) is 20.1 Å². The van der Waals surface area contributed by atoms with Crippen molar-refractivity contribution >= 4 is 33.8 Å². The summed E-state index contributed by atoms with van der Waals surface area (Å²) in [6.07, 6.45) is 1.56. The van der Waals surface area contributed by atoms with Crippen LogP contribution in [-0.2, 0) is 7.05 Å². The van der Waals surface area contributed by atoms with E-state index in [9.17, 15) is 13.6 Å². The number of thiazole rings is 1. The van der Waals surface area contributed by atoms with Gasteiger partial charge in [0, 0.05) is 32.7 Å². The lowest BCUT2D eigenvalue weighted by Gasteiger charge is -2.33. The first-order chi connectivity index (χ1) is 14.3. The number of hydrogen-bond donors (Lipinski definition) is 3. The zero-order chi connectivity index (χ0) is 21.4. The quantitative estimate of drug-likeness (QED) is 0.566. The van der Waals surface area contributed by atoms with Crippen LogP contribution in [0.2, 0.25) is 0 Å². The highest BCUT2D eigenvalue weighted by Gasteiger charge is 2.25. The predicted molar refractivity (Wildman–Crippen MR) is 119 cm³/mol. The van der Waals surface area contributed by atoms with Crippen molar-refractivity contribution in [3.63, 3.8) is 0 Å². The Morgan fingerprint density at radius 1 is 1.35 bits per heavy atom. The third-order valence-electron chi connectivity index (χ3n) is 4.87. The molecule has 1 aliphatic heterocycles. The highest BCUT2D eigenvalue weighted by molar-refractivity contribution is 7.19. The Morgan fingerprint density at radius 2 is 2.06 bits per heavy atom. The van der Waals surface area contributed by atoms with Gasteiger partial charge in [-0.2, -0.15) is 5.10 Å². The molecule has 8 nitrogen and oxygen atoms in total. The van der Waals surface area contributed by atoms with Crippen molar-refractivity contribution < 1.29 is 13.6 Å². The molecule has 4 rings (SSSR count). The van der Waals surface area contributed by atoms with Gasteiger partial charge in [-0.15, -0.1) is 0 Å². The maximum absolute atomic E-state index is 14.1. The van der Waals surface area contributed by atoms with Crippen molar-refractivity contribution in [2.24, 2.45) is 7.05 Å². The van der Waals surface area contributed by atoms with E-state index < -0.39 is 17.5 Å². The highest BCUT2D eigenvalue weighted by atomic mass is 32.1. The number of nitrogen functional groups attached to an aromatic ring is 1. The second-order valence-corrected chi connectivity index (χ2v) is 8.12. The summed E-state index contributed by atoms with van der Waals surface area (Å²) in [5.41, 5.74) is 6.08. The number of carbonyl (C=O) groups is 1. The number of aromatic nitrogens is 3. The summed E-state index contributed by atoms with van der Waals surface area (Å²) < 4.78 is 29.9. The maximum atomic E-state index is 14.1. The van der Waals surface area contributed by atoms with Gasteiger partial charge in [0.25, 0.3) is 5.91 Å². The average molecular weight is 450 g/mol. The van der Waals surface area contributed by atoms with Crippen LogP contribution < -0.4 is 21.3 Å². The van der Waals surface area contributed by atoms with E-state index in [0.29, 0.717) is 11.7 Å². The third kappa shape index (κ3) is 4.37. The van der Waals surface area contributed by atoms with Gasteiger partial charge in [-0.3, -0.25) is 9.48 Å². The Bertz CT molecular complexity index is 1080. The lowest BCUT2D eigenvalue weighted by molar-refractivity contribution is 0.102. The van der Waals surface area contributed by atoms with Crippen molar-refractivity contribution in [1.29, 1.82) is 0 Å². The smallest absolute Gasteiger partial charge is 0.277 e. The molecule has 1 aromatic carbocycles. The second kappa shape index (κ2) is 8.98. The molecular formula is C20H25F2N7OS. The summed E-state index contributed by atoms with van der Waals surface area (Å²) in [5.74, 6) is -1.33. The molecule has 0 unspecified atom stereocenters. The van der Waals surface area contributed by atoms with Crippen molar-refractivity contribution in [2.75, 3.05) is 35.6 Å². The van der Waals surface area contributed by atoms with Crippen LogP contribution in [0, 0.1) is 11.6 Å². The second-order valence-electron chi connectivity index (χ2n) is 7.09. The number of anilines is 3. The van der Waals surface area contributed by atoms with E-state index in [-0.39, 0.29) is 28.7 Å². The van der Waals surface area contributed by atoms with Gasteiger partial charge < -0.3 is 21.3 Å². The van der Waals surface area contributed by atoms with Gasteiger partial charge in [0.2, 0.25) is 0 Å². The molecule has 0 saturated carbocycles. The van der Waals surface area contributed by atoms with Gasteiger partial charge in [-0.05, 0) is 19.1 Å². The van der Waals surface area contributed by atoms with E-state index in [2.05, 4.69) is 32.5 Å². The molecule has 1 amide bonds. The number of amides is 1. The Balaban J connectivity index is 0.00000272. The average Bonchev–Trinajstić information content (AvgIpc) is 3.24. The molecule has 0 radical (unpaired) electrons. The molecule has 1 fully saturated rings. The molecule has 0 aliphatic carbocycles. The SMILES string of the molecule is C.C[C@H]1CN(c2c(NC(=O)c3nc(-c4c(F)cccc4F)sc3N)cnn2C)CCN1. The largest absolute Gasteiger partial charge is 0.389 e. The van der Waals surface area contributed by atoms with Gasteiger partial charge in [-0.1, -0.05) is 24.8 Å². The summed E-state index contributed by atoms with van der Waals surface area (Å²) in [4.78, 5) is 19.1. The summed E-state index contributed by atoms with van der Waals surface area (Å²) in [6.45, 7) is 4.43. The minimum absolute atomic E-state index is 0. The summed E-state index contributed by atoms with van der Waals surface area (Å²) >= 11 is 0.859. The molecule has 4 N–H and O–H groups in total. The van der Waals surface area contributed by atoms with Crippen LogP contribution in [0.3, 0.4) is 0 Å². The monoisotopic (exact) mass is 449 g/mol. The number of hydrogen-bond acceptors (Lipinski definition) is 7. The topological polar surface area (TPSA) is 101 Å². The third-order valence-corrected chi connectivity index (χ3v) is 5.77. The standard InChI is InChI=1S/C19H21F2N7OS.CH4/c1-10-9-28(7-6-23-10)19-13(8-24-27(19)2)25-17(29)15-16(22)30-18(26-15)14-11(20)4-3-5-12(14)21;/h3-5,8,10,23H,6-7,9,22H2,1-2H3,(H,25,29);1H4/t10-;/m0./s1. The number of piperazine rings is 1. The summed E-state index contributed by atoms with van der Waals surface area (Å²) in [5, 5.41) is 10.5. The first-order valence-corrected chi connectivity index (χ1v) is 10.2. The van der Waals surface area contributed by atoms with Crippen LogP contribution >= 0.6 is 11.3 Å². The lowest BCUT2D eigenvalue weighted by Crippen LogP contribution is -2.50. The molecule has 3 heterocycles. The molecule has 1 aliphatic rings. The van der Waals surface area contributed by atoms with Crippen LogP contribution in [0.4, 0.5) is 25.3 Å². The van der Waals surface area contributed by atoms with E-state index in [4.69, 9.17) is 5.73 Å². The Labute approximate surface area is 183 Å². The fraction of sp³-hybridized carbons (Fsp3) is 0.350. The normalized spacial score (nSPS) is 16.1. The van der Waals surface area contributed by atoms with Gasteiger partial charge in [0.1, 0.15) is 27.3 Å². The molecule has 31 heavy (non-hydrogen) atoms. The Kier molecular flexibility index (Phi) is 6.56. The molecule has 1 atom stereocenters. The van der Waals surface area contributed by atoms with E-state index >= 15 is 0 Å². The fourth-order valence-electron chi connectivity index (χ4n) is 3.50. The zero-order valence-electron chi connectivity index (χ0n) is 16.4. The molecule has 3 aromatic rings. The number of nitrogens with one attached hydrogen (secondary N) is 2. The molecule has 0 spiro atoms. The first-order valence-electron chi connectivity index (χ1n) is 9.37. The van der Waals surface area contributed by atoms with E-state index in [0.717, 1.165) is 48.9 Å². The van der Waals surface area contributed by atoms with Crippen LogP contribution in [0.5, 0.6) is 0 Å². The minimum atomic E-state index is -0.766. The lowest BCUT2D eigenvalue weighted by atomic mass is 10.2. The summed E-state index contributed by atoms with van der Waals surface area (Å²) in [7, 11) is 1.80. The summed E-state index contributed by atoms with van der Waals surface area (Å²) in [6, 6.07) is 3.82. The minimum Gasteiger partial charge on any atom is -0.389 e. The number of halogens is 2. The van der Waals surface area contributed by atoms with Gasteiger partial charge in [0.15, 0.2) is 11.5 Å². The van der Waals surface area contributed by atoms with Crippen molar-refractivity contribution in [3.8, 4) is 10.6 Å². The number of aryl methyl sites for hydroxylation is 1. The number of carbonyl (C=O) groups excluding carboxylic acids is 1. The zero-order valence-corrected chi connectivity index (χ0v) is 17.3.